The molecule has 0 saturated heterocycles. The van der Waals surface area contributed by atoms with Gasteiger partial charge in [0, 0.05) is 34.7 Å². The number of hydrogen-bond donors (Lipinski definition) is 0. The molecule has 0 N–H and O–H groups in total. The van der Waals surface area contributed by atoms with Crippen LogP contribution in [-0.4, -0.2) is 26.6 Å². The van der Waals surface area contributed by atoms with Crippen LogP contribution in [0.3, 0.4) is 0 Å². The van der Waals surface area contributed by atoms with Crippen molar-refractivity contribution in [2.45, 2.75) is 13.8 Å². The third-order valence-corrected chi connectivity index (χ3v) is 5.22. The van der Waals surface area contributed by atoms with Gasteiger partial charge in [0.1, 0.15) is 11.1 Å². The van der Waals surface area contributed by atoms with Gasteiger partial charge in [-0.2, -0.15) is 0 Å². The zero-order valence-corrected chi connectivity index (χ0v) is 16.5. The number of amides is 2. The van der Waals surface area contributed by atoms with E-state index in [1.165, 1.54) is 13.0 Å². The second-order valence-corrected chi connectivity index (χ2v) is 7.18. The van der Waals surface area contributed by atoms with Crippen molar-refractivity contribution in [3.05, 3.63) is 89.0 Å². The van der Waals surface area contributed by atoms with E-state index < -0.39 is 49.0 Å². The van der Waals surface area contributed by atoms with Gasteiger partial charge in [0.15, 0.2) is 0 Å². The van der Waals surface area contributed by atoms with E-state index >= 15 is 0 Å². The molecule has 0 aliphatic carbocycles. The van der Waals surface area contributed by atoms with Crippen molar-refractivity contribution in [2.75, 3.05) is 4.90 Å². The molecule has 0 radical (unpaired) electrons. The molecule has 32 heavy (non-hydrogen) atoms. The molecule has 0 spiro atoms. The normalized spacial score (nSPS) is 12.9. The van der Waals surface area contributed by atoms with Crippen LogP contribution in [0.5, 0.6) is 0 Å². The quantitative estimate of drug-likeness (QED) is 0.336. The standard InChI is InChI=1S/C20H12N4O8/c1-9-7-10(2)18(15(8-9)24(31)32)21-19(25)11-3-5-13(22(27)28)17-14(23(29)30)6-4-12(16(11)17)20(21)26/h3-8H,1-2H3. The van der Waals surface area contributed by atoms with E-state index in [0.29, 0.717) is 16.0 Å². The third kappa shape index (κ3) is 2.77. The molecule has 0 fully saturated rings. The smallest absolute Gasteiger partial charge is 0.268 e. The summed E-state index contributed by atoms with van der Waals surface area (Å²) in [6, 6.07) is 6.85. The molecule has 4 rings (SSSR count). The number of carbonyl (C=O) groups excluding carboxylic acids is 2. The fourth-order valence-corrected chi connectivity index (χ4v) is 4.02. The molecule has 0 bridgehead atoms. The van der Waals surface area contributed by atoms with E-state index in [0.717, 1.165) is 24.3 Å². The van der Waals surface area contributed by atoms with E-state index in [1.54, 1.807) is 13.0 Å². The number of benzene rings is 3. The molecular formula is C20H12N4O8. The maximum atomic E-state index is 13.3. The Morgan fingerprint density at radius 2 is 1.16 bits per heavy atom. The number of imide groups is 1. The van der Waals surface area contributed by atoms with Crippen LogP contribution in [0.15, 0.2) is 36.4 Å². The van der Waals surface area contributed by atoms with Crippen molar-refractivity contribution in [1.82, 2.24) is 0 Å². The number of aryl methyl sites for hydroxylation is 2. The van der Waals surface area contributed by atoms with Gasteiger partial charge in [-0.25, -0.2) is 4.90 Å². The molecule has 12 heteroatoms. The molecular weight excluding hydrogens is 424 g/mol. The SMILES string of the molecule is Cc1cc(C)c(N2C(=O)c3ccc([N+](=O)[O-])c4c([N+](=O)[O-])ccc(c34)C2=O)c([N+](=O)[O-])c1. The Hall–Kier alpha value is -4.74. The van der Waals surface area contributed by atoms with E-state index in [-0.39, 0.29) is 22.2 Å². The van der Waals surface area contributed by atoms with Gasteiger partial charge >= 0.3 is 0 Å². The summed E-state index contributed by atoms with van der Waals surface area (Å²) in [5.41, 5.74) is -1.55. The van der Waals surface area contributed by atoms with E-state index in [4.69, 9.17) is 0 Å². The lowest BCUT2D eigenvalue weighted by atomic mass is 9.91. The van der Waals surface area contributed by atoms with Crippen molar-refractivity contribution in [1.29, 1.82) is 0 Å². The predicted octanol–water partition coefficient (Wildman–Crippen LogP) is 3.98. The number of hydrogen-bond acceptors (Lipinski definition) is 8. The van der Waals surface area contributed by atoms with Gasteiger partial charge in [-0.3, -0.25) is 39.9 Å². The molecule has 0 saturated carbocycles. The molecule has 0 unspecified atom stereocenters. The highest BCUT2D eigenvalue weighted by Crippen LogP contribution is 2.43. The number of nitro groups is 3. The summed E-state index contributed by atoms with van der Waals surface area (Å²) in [6.07, 6.45) is 0. The minimum Gasteiger partial charge on any atom is -0.268 e. The summed E-state index contributed by atoms with van der Waals surface area (Å²) in [7, 11) is 0. The molecule has 1 aliphatic rings. The Kier molecular flexibility index (Phi) is 4.43. The largest absolute Gasteiger partial charge is 0.293 e. The molecule has 0 aromatic heterocycles. The zero-order chi connectivity index (χ0) is 23.5. The average molecular weight is 436 g/mol. The van der Waals surface area contributed by atoms with Crippen LogP contribution >= 0.6 is 0 Å². The van der Waals surface area contributed by atoms with Crippen LogP contribution in [0, 0.1) is 44.2 Å². The molecule has 0 atom stereocenters. The first-order chi connectivity index (χ1) is 15.0. The minimum absolute atomic E-state index is 0.210. The van der Waals surface area contributed by atoms with Crippen LogP contribution < -0.4 is 4.90 Å². The fraction of sp³-hybridized carbons (Fsp3) is 0.100. The van der Waals surface area contributed by atoms with Crippen molar-refractivity contribution < 1.29 is 24.4 Å². The Balaban J connectivity index is 2.09. The first kappa shape index (κ1) is 20.5. The molecule has 12 nitrogen and oxygen atoms in total. The minimum atomic E-state index is -0.974. The Morgan fingerprint density at radius 3 is 1.59 bits per heavy atom. The predicted molar refractivity (Wildman–Crippen MR) is 111 cm³/mol. The van der Waals surface area contributed by atoms with Gasteiger partial charge in [0.05, 0.1) is 14.8 Å². The number of nitro benzene ring substituents is 3. The Bertz CT molecular complexity index is 1360. The zero-order valence-electron chi connectivity index (χ0n) is 16.5. The first-order valence-electron chi connectivity index (χ1n) is 9.07. The lowest BCUT2D eigenvalue weighted by Crippen LogP contribution is -2.41. The van der Waals surface area contributed by atoms with Crippen LogP contribution in [-0.2, 0) is 0 Å². The van der Waals surface area contributed by atoms with Gasteiger partial charge < -0.3 is 0 Å². The van der Waals surface area contributed by atoms with Crippen molar-refractivity contribution in [2.24, 2.45) is 0 Å². The van der Waals surface area contributed by atoms with Gasteiger partial charge in [0.2, 0.25) is 0 Å². The second kappa shape index (κ2) is 6.91. The highest BCUT2D eigenvalue weighted by atomic mass is 16.6. The second-order valence-electron chi connectivity index (χ2n) is 7.18. The van der Waals surface area contributed by atoms with E-state index in [2.05, 4.69) is 0 Å². The Morgan fingerprint density at radius 1 is 0.688 bits per heavy atom. The van der Waals surface area contributed by atoms with Crippen molar-refractivity contribution in [3.63, 3.8) is 0 Å². The maximum Gasteiger partial charge on any atom is 0.293 e. The van der Waals surface area contributed by atoms with Crippen LogP contribution in [0.2, 0.25) is 0 Å². The van der Waals surface area contributed by atoms with Crippen molar-refractivity contribution in [3.8, 4) is 0 Å². The monoisotopic (exact) mass is 436 g/mol. The molecule has 3 aromatic rings. The summed E-state index contributed by atoms with van der Waals surface area (Å²) in [6.45, 7) is 3.13. The lowest BCUT2D eigenvalue weighted by molar-refractivity contribution is -0.390. The van der Waals surface area contributed by atoms with Crippen LogP contribution in [0.25, 0.3) is 10.8 Å². The summed E-state index contributed by atoms with van der Waals surface area (Å²) < 4.78 is 0. The Labute approximate surface area is 178 Å². The average Bonchev–Trinajstić information content (AvgIpc) is 2.71. The number of nitrogens with zero attached hydrogens (tertiary/aromatic N) is 4. The molecule has 1 aliphatic heterocycles. The summed E-state index contributed by atoms with van der Waals surface area (Å²) >= 11 is 0. The van der Waals surface area contributed by atoms with Gasteiger partial charge in [0.25, 0.3) is 28.9 Å². The number of non-ortho nitro benzene ring substituents is 2. The fourth-order valence-electron chi connectivity index (χ4n) is 4.02. The number of rotatable bonds is 4. The van der Waals surface area contributed by atoms with Gasteiger partial charge in [-0.15, -0.1) is 0 Å². The van der Waals surface area contributed by atoms with E-state index in [9.17, 15) is 39.9 Å². The molecule has 160 valence electrons. The summed E-state index contributed by atoms with van der Waals surface area (Å²) in [4.78, 5) is 59.6. The van der Waals surface area contributed by atoms with Gasteiger partial charge in [-0.1, -0.05) is 6.07 Å². The third-order valence-electron chi connectivity index (χ3n) is 5.22. The molecule has 2 amide bonds. The first-order valence-corrected chi connectivity index (χ1v) is 9.07. The molecule has 3 aromatic carbocycles. The van der Waals surface area contributed by atoms with E-state index in [1.807, 2.05) is 0 Å². The summed E-state index contributed by atoms with van der Waals surface area (Å²) in [5.74, 6) is -1.95. The highest BCUT2D eigenvalue weighted by molar-refractivity contribution is 6.37. The topological polar surface area (TPSA) is 167 Å². The molecule has 1 heterocycles. The van der Waals surface area contributed by atoms with Crippen LogP contribution in [0.1, 0.15) is 31.8 Å². The van der Waals surface area contributed by atoms with Gasteiger partial charge in [-0.05, 0) is 37.1 Å². The van der Waals surface area contributed by atoms with Crippen LogP contribution in [0.4, 0.5) is 22.7 Å². The maximum absolute atomic E-state index is 13.3. The number of anilines is 1. The summed E-state index contributed by atoms with van der Waals surface area (Å²) in [5, 5.41) is 34.0. The highest BCUT2D eigenvalue weighted by Gasteiger charge is 2.41. The van der Waals surface area contributed by atoms with Crippen molar-refractivity contribution >= 4 is 45.3 Å². The number of carbonyl (C=O) groups is 2. The lowest BCUT2D eigenvalue weighted by Gasteiger charge is -2.28.